The summed E-state index contributed by atoms with van der Waals surface area (Å²) in [4.78, 5) is 28.0. The van der Waals surface area contributed by atoms with Crippen LogP contribution in [0.15, 0.2) is 23.8 Å². The maximum absolute atomic E-state index is 14.1. The first-order valence-corrected chi connectivity index (χ1v) is 23.5. The number of Topliss-reactive ketones (excluding diaryl/α,β-unsaturated/α-hetero) is 1. The number of ketones is 1. The van der Waals surface area contributed by atoms with Crippen LogP contribution in [0.25, 0.3) is 0 Å². The molecule has 62 heavy (non-hydrogen) atoms. The fourth-order valence-electron chi connectivity index (χ4n) is 12.5. The third-order valence-corrected chi connectivity index (χ3v) is 16.0. The Hall–Kier alpha value is -1.86. The molecule has 348 valence electrons. The number of carbonyl (C=O) groups is 2. The minimum Gasteiger partial charge on any atom is -0.459 e. The monoisotopic (exact) mass is 874 g/mol. The Morgan fingerprint density at radius 2 is 1.60 bits per heavy atom. The van der Waals surface area contributed by atoms with E-state index >= 15 is 0 Å². The number of hydrogen-bond acceptors (Lipinski definition) is 15. The second-order valence-corrected chi connectivity index (χ2v) is 21.2. The van der Waals surface area contributed by atoms with Crippen LogP contribution in [-0.4, -0.2) is 141 Å². The molecule has 8 saturated heterocycles. The molecule has 15 heteroatoms. The van der Waals surface area contributed by atoms with Crippen LogP contribution in [0.1, 0.15) is 131 Å². The Labute approximate surface area is 365 Å². The van der Waals surface area contributed by atoms with Crippen LogP contribution in [0.5, 0.6) is 0 Å². The molecule has 0 aromatic heterocycles. The summed E-state index contributed by atoms with van der Waals surface area (Å²) < 4.78 is 58.8. The van der Waals surface area contributed by atoms with Crippen molar-refractivity contribution < 1.29 is 72.6 Å². The third kappa shape index (κ3) is 8.09. The zero-order chi connectivity index (χ0) is 44.0. The molecule has 19 atom stereocenters. The van der Waals surface area contributed by atoms with Crippen molar-refractivity contribution in [3.05, 3.63) is 23.8 Å². The summed E-state index contributed by atoms with van der Waals surface area (Å²) in [6.45, 7) is 11.7. The SMILES string of the molecule is CC1=C/C(C)CC2(C)CCC(O2)C23CCC(CO)(CC(O2)C2OC(C)(CC2=O)C(O)C2CCC4(CCCC(O4)C(C)C(=O)OC4CC(C5(O)OCCC(C)C5O)OC4/C=C\1)O2)O3. The van der Waals surface area contributed by atoms with Crippen molar-refractivity contribution in [3.8, 4) is 0 Å². The van der Waals surface area contributed by atoms with Crippen LogP contribution in [0.3, 0.4) is 0 Å². The highest BCUT2D eigenvalue weighted by Crippen LogP contribution is 2.55. The Morgan fingerprint density at radius 1 is 0.806 bits per heavy atom. The van der Waals surface area contributed by atoms with E-state index in [0.717, 1.165) is 18.4 Å². The molecule has 15 nitrogen and oxygen atoms in total. The standard InChI is InChI=1S/C47H70O15/c1-26-9-10-32-34(21-37(55-32)47(53)39(50)28(3)13-19-54-47)56-41(52)29(4)31-8-7-14-45(57-31)16-11-33(58-45)40(51)43(6)23-30(49)38(61-43)35-24-44(25-48)17-18-46(59-35,62-44)36-12-15-42(5,60-36)22-27(2)20-26/h9-10,20,27-29,31-40,48,50-51,53H,7-8,11-19,21-25H2,1-6H3/b10-9-,26-20-. The van der Waals surface area contributed by atoms with Gasteiger partial charge >= 0.3 is 5.97 Å². The van der Waals surface area contributed by atoms with Gasteiger partial charge in [0.15, 0.2) is 17.4 Å². The van der Waals surface area contributed by atoms with E-state index in [2.05, 4.69) is 19.9 Å². The fourth-order valence-corrected chi connectivity index (χ4v) is 12.5. The van der Waals surface area contributed by atoms with E-state index in [1.807, 2.05) is 26.0 Å². The van der Waals surface area contributed by atoms with E-state index in [-0.39, 0.29) is 50.1 Å². The highest BCUT2D eigenvalue weighted by molar-refractivity contribution is 5.86. The summed E-state index contributed by atoms with van der Waals surface area (Å²) in [7, 11) is 0. The van der Waals surface area contributed by atoms with Gasteiger partial charge in [-0.05, 0) is 90.9 Å². The Kier molecular flexibility index (Phi) is 12.0. The zero-order valence-electron chi connectivity index (χ0n) is 37.3. The quantitative estimate of drug-likeness (QED) is 0.288. The van der Waals surface area contributed by atoms with E-state index in [0.29, 0.717) is 57.8 Å². The summed E-state index contributed by atoms with van der Waals surface area (Å²) in [6.07, 6.45) is 4.76. The molecule has 10 bridgehead atoms. The summed E-state index contributed by atoms with van der Waals surface area (Å²) >= 11 is 0. The normalized spacial score (nSPS) is 55.0. The van der Waals surface area contributed by atoms with Crippen molar-refractivity contribution in [1.82, 2.24) is 0 Å². The average molecular weight is 875 g/mol. The maximum Gasteiger partial charge on any atom is 0.311 e. The number of aliphatic hydroxyl groups is 4. The number of esters is 1. The molecule has 0 amide bonds. The van der Waals surface area contributed by atoms with Crippen LogP contribution >= 0.6 is 0 Å². The predicted octanol–water partition coefficient (Wildman–Crippen LogP) is 4.23. The lowest BCUT2D eigenvalue weighted by Gasteiger charge is -2.47. The highest BCUT2D eigenvalue weighted by atomic mass is 16.8. The molecule has 0 aliphatic carbocycles. The second kappa shape index (κ2) is 16.5. The van der Waals surface area contributed by atoms with E-state index in [4.69, 9.17) is 42.6 Å². The lowest BCUT2D eigenvalue weighted by atomic mass is 9.87. The van der Waals surface area contributed by atoms with Gasteiger partial charge < -0.3 is 63.1 Å². The molecule has 0 aromatic rings. The van der Waals surface area contributed by atoms with Crippen LogP contribution in [0.4, 0.5) is 0 Å². The fraction of sp³-hybridized carbons (Fsp3) is 0.872. The van der Waals surface area contributed by atoms with E-state index in [1.165, 1.54) is 0 Å². The smallest absolute Gasteiger partial charge is 0.311 e. The minimum atomic E-state index is -1.97. The molecular weight excluding hydrogens is 805 g/mol. The van der Waals surface area contributed by atoms with Crippen molar-refractivity contribution in [2.75, 3.05) is 13.2 Å². The van der Waals surface area contributed by atoms with Crippen molar-refractivity contribution >= 4 is 11.8 Å². The van der Waals surface area contributed by atoms with Gasteiger partial charge in [0.05, 0.1) is 48.6 Å². The molecular formula is C47H70O15. The van der Waals surface area contributed by atoms with Crippen LogP contribution in [0.2, 0.25) is 0 Å². The van der Waals surface area contributed by atoms with Gasteiger partial charge in [0.25, 0.3) is 0 Å². The summed E-state index contributed by atoms with van der Waals surface area (Å²) in [5.74, 6) is -5.63. The molecule has 9 aliphatic heterocycles. The average Bonchev–Trinajstić information content (AvgIpc) is 4.06. The number of allylic oxidation sites excluding steroid dienone is 3. The molecule has 8 fully saturated rings. The van der Waals surface area contributed by atoms with Gasteiger partial charge in [-0.25, -0.2) is 0 Å². The number of carbonyl (C=O) groups excluding carboxylic acids is 2. The van der Waals surface area contributed by atoms with Gasteiger partial charge in [-0.3, -0.25) is 9.59 Å². The van der Waals surface area contributed by atoms with Crippen molar-refractivity contribution in [2.45, 2.75) is 227 Å². The van der Waals surface area contributed by atoms with Gasteiger partial charge in [-0.1, -0.05) is 37.6 Å². The van der Waals surface area contributed by atoms with Gasteiger partial charge in [-0.15, -0.1) is 0 Å². The Balaban J connectivity index is 1.01. The maximum atomic E-state index is 14.1. The largest absolute Gasteiger partial charge is 0.459 e. The number of hydrogen-bond donors (Lipinski definition) is 4. The molecule has 2 spiro atoms. The van der Waals surface area contributed by atoms with E-state index in [1.54, 1.807) is 13.8 Å². The molecule has 4 N–H and O–H groups in total. The summed E-state index contributed by atoms with van der Waals surface area (Å²) in [6, 6.07) is 0. The first-order chi connectivity index (χ1) is 29.3. The summed E-state index contributed by atoms with van der Waals surface area (Å²) in [5, 5.41) is 45.5. The number of fused-ring (bicyclic) bond motifs is 10. The Morgan fingerprint density at radius 3 is 2.39 bits per heavy atom. The van der Waals surface area contributed by atoms with Crippen LogP contribution in [0, 0.1) is 17.8 Å². The third-order valence-electron chi connectivity index (χ3n) is 16.0. The zero-order valence-corrected chi connectivity index (χ0v) is 37.3. The molecule has 19 unspecified atom stereocenters. The van der Waals surface area contributed by atoms with E-state index < -0.39 is 107 Å². The lowest BCUT2D eigenvalue weighted by Crippen LogP contribution is -2.59. The molecule has 9 rings (SSSR count). The molecule has 0 saturated carbocycles. The first kappa shape index (κ1) is 45.3. The predicted molar refractivity (Wildman–Crippen MR) is 219 cm³/mol. The van der Waals surface area contributed by atoms with Crippen molar-refractivity contribution in [2.24, 2.45) is 17.8 Å². The Bertz CT molecular complexity index is 1770. The molecule has 9 aliphatic rings. The lowest BCUT2D eigenvalue weighted by molar-refractivity contribution is -0.365. The van der Waals surface area contributed by atoms with Gasteiger partial charge in [-0.2, -0.15) is 0 Å². The number of ether oxygens (including phenoxy) is 9. The van der Waals surface area contributed by atoms with E-state index in [9.17, 15) is 30.0 Å². The van der Waals surface area contributed by atoms with Crippen LogP contribution in [-0.2, 0) is 52.2 Å². The molecule has 0 radical (unpaired) electrons. The minimum absolute atomic E-state index is 0.0379. The van der Waals surface area contributed by atoms with Gasteiger partial charge in [0.2, 0.25) is 5.79 Å². The van der Waals surface area contributed by atoms with Gasteiger partial charge in [0.1, 0.15) is 48.3 Å². The van der Waals surface area contributed by atoms with Crippen molar-refractivity contribution in [3.63, 3.8) is 0 Å². The topological polar surface area (TPSA) is 198 Å². The molecule has 0 aromatic carbocycles. The molecule has 9 heterocycles. The number of aliphatic hydroxyl groups excluding tert-OH is 3. The first-order valence-electron chi connectivity index (χ1n) is 23.5. The summed E-state index contributed by atoms with van der Waals surface area (Å²) in [5.41, 5.74) is -1.73. The highest BCUT2D eigenvalue weighted by Gasteiger charge is 2.66. The second-order valence-electron chi connectivity index (χ2n) is 21.2. The van der Waals surface area contributed by atoms with Crippen molar-refractivity contribution in [1.29, 1.82) is 0 Å². The number of rotatable bonds is 2. The van der Waals surface area contributed by atoms with Gasteiger partial charge in [0, 0.05) is 38.5 Å². The van der Waals surface area contributed by atoms with Crippen LogP contribution < -0.4 is 0 Å².